The highest BCUT2D eigenvalue weighted by Gasteiger charge is 2.14. The lowest BCUT2D eigenvalue weighted by Gasteiger charge is -2.05. The van der Waals surface area contributed by atoms with Crippen LogP contribution in [0.3, 0.4) is 0 Å². The van der Waals surface area contributed by atoms with Crippen LogP contribution < -0.4 is 0 Å². The van der Waals surface area contributed by atoms with E-state index in [2.05, 4.69) is 25.9 Å². The van der Waals surface area contributed by atoms with Gasteiger partial charge in [-0.25, -0.2) is 9.97 Å². The minimum atomic E-state index is 0.517. The number of benzene rings is 1. The van der Waals surface area contributed by atoms with E-state index in [0.717, 1.165) is 25.9 Å². The van der Waals surface area contributed by atoms with Gasteiger partial charge in [0.15, 0.2) is 0 Å². The number of nitrogens with zero attached hydrogens (tertiary/aromatic N) is 2. The quantitative estimate of drug-likeness (QED) is 0.579. The van der Waals surface area contributed by atoms with Crippen molar-refractivity contribution in [3.05, 3.63) is 44.4 Å². The van der Waals surface area contributed by atoms with Crippen LogP contribution in [0.25, 0.3) is 21.5 Å². The molecule has 6 heteroatoms. The average molecular weight is 360 g/mol. The Kier molecular flexibility index (Phi) is 3.28. The Bertz CT molecular complexity index is 742. The van der Waals surface area contributed by atoms with E-state index in [0.29, 0.717) is 10.0 Å². The van der Waals surface area contributed by atoms with Gasteiger partial charge in [-0.2, -0.15) is 0 Å². The van der Waals surface area contributed by atoms with Gasteiger partial charge < -0.3 is 0 Å². The summed E-state index contributed by atoms with van der Waals surface area (Å²) in [4.78, 5) is 8.58. The standard InChI is InChI=1S/C12H5BrCl2N2S/c13-7-4-18-12-10(16-5-17-11(7)12)6-2-1-3-8(14)9(6)15/h1-5H. The van der Waals surface area contributed by atoms with E-state index in [4.69, 9.17) is 23.2 Å². The number of aromatic nitrogens is 2. The summed E-state index contributed by atoms with van der Waals surface area (Å²) in [5, 5.41) is 3.03. The summed E-state index contributed by atoms with van der Waals surface area (Å²) in [6.07, 6.45) is 1.53. The van der Waals surface area contributed by atoms with Crippen LogP contribution in [-0.4, -0.2) is 9.97 Å². The molecule has 0 atom stereocenters. The van der Waals surface area contributed by atoms with Crippen LogP contribution in [0.1, 0.15) is 0 Å². The van der Waals surface area contributed by atoms with Crippen LogP contribution in [0.4, 0.5) is 0 Å². The van der Waals surface area contributed by atoms with Gasteiger partial charge in [-0.1, -0.05) is 35.3 Å². The number of halogens is 3. The van der Waals surface area contributed by atoms with Crippen LogP contribution in [0.15, 0.2) is 34.4 Å². The second-order valence-corrected chi connectivity index (χ2v) is 6.10. The van der Waals surface area contributed by atoms with Crippen LogP contribution in [0, 0.1) is 0 Å². The molecular weight excluding hydrogens is 355 g/mol. The molecule has 0 radical (unpaired) electrons. The fourth-order valence-corrected chi connectivity index (χ4v) is 3.68. The van der Waals surface area contributed by atoms with Crippen molar-refractivity contribution in [1.82, 2.24) is 9.97 Å². The zero-order chi connectivity index (χ0) is 12.7. The molecule has 90 valence electrons. The second kappa shape index (κ2) is 4.78. The van der Waals surface area contributed by atoms with Gasteiger partial charge in [0.05, 0.1) is 30.4 Å². The van der Waals surface area contributed by atoms with E-state index in [9.17, 15) is 0 Å². The molecule has 0 fully saturated rings. The summed E-state index contributed by atoms with van der Waals surface area (Å²) in [6.45, 7) is 0. The third-order valence-corrected chi connectivity index (χ3v) is 5.22. The maximum atomic E-state index is 6.24. The molecule has 2 nitrogen and oxygen atoms in total. The lowest BCUT2D eigenvalue weighted by Crippen LogP contribution is -1.87. The number of hydrogen-bond donors (Lipinski definition) is 0. The molecule has 0 aliphatic heterocycles. The van der Waals surface area contributed by atoms with Crippen molar-refractivity contribution in [1.29, 1.82) is 0 Å². The van der Waals surface area contributed by atoms with Crippen molar-refractivity contribution >= 4 is 60.7 Å². The maximum Gasteiger partial charge on any atom is 0.116 e. The van der Waals surface area contributed by atoms with E-state index in [1.165, 1.54) is 6.33 Å². The normalized spacial score (nSPS) is 11.1. The smallest absolute Gasteiger partial charge is 0.116 e. The average Bonchev–Trinajstić information content (AvgIpc) is 2.75. The molecule has 0 N–H and O–H groups in total. The lowest BCUT2D eigenvalue weighted by molar-refractivity contribution is 1.23. The second-order valence-electron chi connectivity index (χ2n) is 3.59. The topological polar surface area (TPSA) is 25.8 Å². The molecule has 0 aliphatic rings. The van der Waals surface area contributed by atoms with Crippen molar-refractivity contribution in [3.63, 3.8) is 0 Å². The van der Waals surface area contributed by atoms with Crippen LogP contribution >= 0.6 is 50.5 Å². The summed E-state index contributed by atoms with van der Waals surface area (Å²) >= 11 is 17.3. The molecule has 0 aliphatic carbocycles. The molecule has 0 unspecified atom stereocenters. The Morgan fingerprint density at radius 2 is 2.00 bits per heavy atom. The van der Waals surface area contributed by atoms with E-state index in [1.807, 2.05) is 17.5 Å². The van der Waals surface area contributed by atoms with Gasteiger partial charge in [-0.05, 0) is 22.0 Å². The van der Waals surface area contributed by atoms with Gasteiger partial charge >= 0.3 is 0 Å². The molecule has 0 spiro atoms. The molecule has 18 heavy (non-hydrogen) atoms. The minimum absolute atomic E-state index is 0.517. The van der Waals surface area contributed by atoms with Crippen LogP contribution in [0.5, 0.6) is 0 Å². The third kappa shape index (κ3) is 1.93. The molecule has 0 saturated heterocycles. The van der Waals surface area contributed by atoms with Gasteiger partial charge in [0.25, 0.3) is 0 Å². The first-order valence-corrected chi connectivity index (χ1v) is 7.43. The zero-order valence-electron chi connectivity index (χ0n) is 8.82. The van der Waals surface area contributed by atoms with Gasteiger partial charge in [0.1, 0.15) is 6.33 Å². The molecular formula is C12H5BrCl2N2S. The van der Waals surface area contributed by atoms with Crippen LogP contribution in [0.2, 0.25) is 10.0 Å². The highest BCUT2D eigenvalue weighted by Crippen LogP contribution is 2.39. The Labute approximate surface area is 126 Å². The monoisotopic (exact) mass is 358 g/mol. The summed E-state index contributed by atoms with van der Waals surface area (Å²) in [5.41, 5.74) is 2.52. The predicted octanol–water partition coefficient (Wildman–Crippen LogP) is 5.43. The molecule has 2 heterocycles. The number of fused-ring (bicyclic) bond motifs is 1. The number of rotatable bonds is 1. The predicted molar refractivity (Wildman–Crippen MR) is 80.6 cm³/mol. The molecule has 0 amide bonds. The largest absolute Gasteiger partial charge is 0.235 e. The van der Waals surface area contributed by atoms with Crippen molar-refractivity contribution in [2.75, 3.05) is 0 Å². The van der Waals surface area contributed by atoms with Gasteiger partial charge in [0.2, 0.25) is 0 Å². The Balaban J connectivity index is 2.35. The summed E-state index contributed by atoms with van der Waals surface area (Å²) in [7, 11) is 0. The Hall–Kier alpha value is -0.680. The fraction of sp³-hybridized carbons (Fsp3) is 0. The zero-order valence-corrected chi connectivity index (χ0v) is 12.7. The van der Waals surface area contributed by atoms with E-state index in [1.54, 1.807) is 17.4 Å². The molecule has 0 saturated carbocycles. The molecule has 3 aromatic rings. The van der Waals surface area contributed by atoms with Crippen LogP contribution in [-0.2, 0) is 0 Å². The van der Waals surface area contributed by atoms with Crippen molar-refractivity contribution in [3.8, 4) is 11.3 Å². The summed E-state index contributed by atoms with van der Waals surface area (Å²) in [6, 6.07) is 5.53. The summed E-state index contributed by atoms with van der Waals surface area (Å²) in [5.74, 6) is 0. The van der Waals surface area contributed by atoms with E-state index in [-0.39, 0.29) is 0 Å². The maximum absolute atomic E-state index is 6.24. The molecule has 2 aromatic heterocycles. The van der Waals surface area contributed by atoms with Gasteiger partial charge in [-0.15, -0.1) is 11.3 Å². The van der Waals surface area contributed by atoms with Crippen molar-refractivity contribution in [2.24, 2.45) is 0 Å². The van der Waals surface area contributed by atoms with Gasteiger partial charge in [0, 0.05) is 10.9 Å². The van der Waals surface area contributed by atoms with E-state index >= 15 is 0 Å². The number of hydrogen-bond acceptors (Lipinski definition) is 3. The highest BCUT2D eigenvalue weighted by atomic mass is 79.9. The molecule has 0 bridgehead atoms. The SMILES string of the molecule is Clc1cccc(-c2ncnc3c(Br)csc23)c1Cl. The summed E-state index contributed by atoms with van der Waals surface area (Å²) < 4.78 is 1.96. The minimum Gasteiger partial charge on any atom is -0.235 e. The lowest BCUT2D eigenvalue weighted by atomic mass is 10.1. The van der Waals surface area contributed by atoms with Crippen molar-refractivity contribution in [2.45, 2.75) is 0 Å². The first-order chi connectivity index (χ1) is 8.68. The molecule has 1 aromatic carbocycles. The van der Waals surface area contributed by atoms with E-state index < -0.39 is 0 Å². The highest BCUT2D eigenvalue weighted by molar-refractivity contribution is 9.10. The first kappa shape index (κ1) is 12.4. The Morgan fingerprint density at radius 1 is 1.17 bits per heavy atom. The third-order valence-electron chi connectivity index (χ3n) is 2.52. The van der Waals surface area contributed by atoms with Crippen molar-refractivity contribution < 1.29 is 0 Å². The fourth-order valence-electron chi connectivity index (χ4n) is 1.70. The van der Waals surface area contributed by atoms with Gasteiger partial charge in [-0.3, -0.25) is 0 Å². The molecule has 3 rings (SSSR count). The Morgan fingerprint density at radius 3 is 2.83 bits per heavy atom. The number of thiophene rings is 1. The first-order valence-electron chi connectivity index (χ1n) is 5.00.